The second-order valence-electron chi connectivity index (χ2n) is 3.06. The summed E-state index contributed by atoms with van der Waals surface area (Å²) in [5.74, 6) is -0.636. The van der Waals surface area contributed by atoms with Crippen molar-refractivity contribution in [1.29, 1.82) is 0 Å². The molecule has 2 N–H and O–H groups in total. The molecule has 2 aromatic rings. The second-order valence-corrected chi connectivity index (χ2v) is 3.06. The molecule has 0 fully saturated rings. The van der Waals surface area contributed by atoms with Crippen LogP contribution in [0.5, 0.6) is 11.5 Å². The topological polar surface area (TPSA) is 53.4 Å². The van der Waals surface area contributed by atoms with E-state index < -0.39 is 5.82 Å². The number of hydrogen-bond acceptors (Lipinski definition) is 3. The minimum Gasteiger partial charge on any atom is -0.507 e. The molecule has 0 amide bonds. The minimum absolute atomic E-state index is 0.0420. The summed E-state index contributed by atoms with van der Waals surface area (Å²) < 4.78 is 12.7. The number of pyridine rings is 1. The highest BCUT2D eigenvalue weighted by molar-refractivity contribution is 5.66. The summed E-state index contributed by atoms with van der Waals surface area (Å²) in [4.78, 5) is 3.91. The first-order valence-electron chi connectivity index (χ1n) is 4.31. The third-order valence-electron chi connectivity index (χ3n) is 1.98. The zero-order valence-electron chi connectivity index (χ0n) is 7.68. The Labute approximate surface area is 85.5 Å². The predicted octanol–water partition coefficient (Wildman–Crippen LogP) is 2.30. The average Bonchev–Trinajstić information content (AvgIpc) is 2.20. The molecule has 0 radical (unpaired) electrons. The van der Waals surface area contributed by atoms with Gasteiger partial charge in [-0.2, -0.15) is 0 Å². The number of aromatic nitrogens is 1. The van der Waals surface area contributed by atoms with E-state index in [2.05, 4.69) is 4.98 Å². The first-order valence-corrected chi connectivity index (χ1v) is 4.31. The van der Waals surface area contributed by atoms with Gasteiger partial charge in [-0.05, 0) is 24.3 Å². The number of halogens is 1. The monoisotopic (exact) mass is 205 g/mol. The Bertz CT molecular complexity index is 482. The molecule has 1 aromatic carbocycles. The number of phenols is 1. The van der Waals surface area contributed by atoms with Gasteiger partial charge < -0.3 is 10.2 Å². The molecule has 0 unspecified atom stereocenters. The van der Waals surface area contributed by atoms with Gasteiger partial charge in [0.05, 0.1) is 11.9 Å². The average molecular weight is 205 g/mol. The van der Waals surface area contributed by atoms with Crippen LogP contribution in [-0.4, -0.2) is 15.2 Å². The van der Waals surface area contributed by atoms with Crippen molar-refractivity contribution in [2.75, 3.05) is 0 Å². The first-order chi connectivity index (χ1) is 7.16. The zero-order valence-corrected chi connectivity index (χ0v) is 7.68. The van der Waals surface area contributed by atoms with Crippen LogP contribution in [0, 0.1) is 5.82 Å². The van der Waals surface area contributed by atoms with Gasteiger partial charge in [0.2, 0.25) is 0 Å². The van der Waals surface area contributed by atoms with Gasteiger partial charge in [-0.3, -0.25) is 4.98 Å². The Morgan fingerprint density at radius 2 is 1.87 bits per heavy atom. The SMILES string of the molecule is Oc1ccc(-c2ccc(F)cc2O)nc1. The Kier molecular flexibility index (Phi) is 2.25. The Balaban J connectivity index is 2.49. The van der Waals surface area contributed by atoms with E-state index in [1.54, 1.807) is 6.07 Å². The summed E-state index contributed by atoms with van der Waals surface area (Å²) in [5.41, 5.74) is 0.904. The number of hydrogen-bond donors (Lipinski definition) is 2. The predicted molar refractivity (Wildman–Crippen MR) is 53.0 cm³/mol. The standard InChI is InChI=1S/C11H8FNO2/c12-7-1-3-9(11(15)5-7)10-4-2-8(14)6-13-10/h1-6,14-15H. The number of aromatic hydroxyl groups is 2. The molecule has 0 aliphatic heterocycles. The number of rotatable bonds is 1. The van der Waals surface area contributed by atoms with Gasteiger partial charge in [-0.25, -0.2) is 4.39 Å². The van der Waals surface area contributed by atoms with E-state index in [9.17, 15) is 9.50 Å². The molecule has 0 aliphatic rings. The summed E-state index contributed by atoms with van der Waals surface area (Å²) in [6.45, 7) is 0. The number of phenolic OH excluding ortho intramolecular Hbond substituents is 1. The maximum atomic E-state index is 12.7. The third kappa shape index (κ3) is 1.88. The zero-order chi connectivity index (χ0) is 10.8. The minimum atomic E-state index is -0.505. The first kappa shape index (κ1) is 9.45. The quantitative estimate of drug-likeness (QED) is 0.751. The lowest BCUT2D eigenvalue weighted by Crippen LogP contribution is -1.84. The van der Waals surface area contributed by atoms with Crippen LogP contribution in [0.15, 0.2) is 36.5 Å². The molecule has 1 heterocycles. The molecule has 2 rings (SSSR count). The van der Waals surface area contributed by atoms with Gasteiger partial charge in [0, 0.05) is 11.6 Å². The molecule has 0 bridgehead atoms. The Morgan fingerprint density at radius 3 is 2.47 bits per heavy atom. The van der Waals surface area contributed by atoms with Crippen molar-refractivity contribution >= 4 is 0 Å². The van der Waals surface area contributed by atoms with E-state index >= 15 is 0 Å². The summed E-state index contributed by atoms with van der Waals surface area (Å²) >= 11 is 0. The molecule has 0 aliphatic carbocycles. The van der Waals surface area contributed by atoms with Gasteiger partial charge in [-0.1, -0.05) is 0 Å². The van der Waals surface area contributed by atoms with Gasteiger partial charge in [0.1, 0.15) is 17.3 Å². The highest BCUT2D eigenvalue weighted by Gasteiger charge is 2.06. The summed E-state index contributed by atoms with van der Waals surface area (Å²) in [7, 11) is 0. The molecule has 3 nitrogen and oxygen atoms in total. The molecule has 0 atom stereocenters. The van der Waals surface area contributed by atoms with Crippen LogP contribution < -0.4 is 0 Å². The van der Waals surface area contributed by atoms with Gasteiger partial charge in [-0.15, -0.1) is 0 Å². The normalized spacial score (nSPS) is 10.2. The summed E-state index contributed by atoms with van der Waals surface area (Å²) in [6.07, 6.45) is 1.26. The second kappa shape index (κ2) is 3.57. The highest BCUT2D eigenvalue weighted by atomic mass is 19.1. The summed E-state index contributed by atoms with van der Waals surface area (Å²) in [5, 5.41) is 18.5. The van der Waals surface area contributed by atoms with Gasteiger partial charge in [0.15, 0.2) is 0 Å². The molecular formula is C11H8FNO2. The van der Waals surface area contributed by atoms with E-state index in [1.807, 2.05) is 0 Å². The van der Waals surface area contributed by atoms with Crippen molar-refractivity contribution in [3.8, 4) is 22.8 Å². The molecular weight excluding hydrogens is 197 g/mol. The van der Waals surface area contributed by atoms with Crippen LogP contribution in [0.1, 0.15) is 0 Å². The van der Waals surface area contributed by atoms with Gasteiger partial charge >= 0.3 is 0 Å². The smallest absolute Gasteiger partial charge is 0.133 e. The summed E-state index contributed by atoms with van der Waals surface area (Å²) in [6, 6.07) is 6.69. The van der Waals surface area contributed by atoms with Crippen LogP contribution in [0.3, 0.4) is 0 Å². The van der Waals surface area contributed by atoms with Crippen LogP contribution in [0.4, 0.5) is 4.39 Å². The van der Waals surface area contributed by atoms with Crippen molar-refractivity contribution in [2.45, 2.75) is 0 Å². The van der Waals surface area contributed by atoms with Crippen molar-refractivity contribution < 1.29 is 14.6 Å². The van der Waals surface area contributed by atoms with E-state index in [0.717, 1.165) is 6.07 Å². The number of nitrogens with zero attached hydrogens (tertiary/aromatic N) is 1. The fourth-order valence-corrected chi connectivity index (χ4v) is 1.27. The maximum absolute atomic E-state index is 12.7. The van der Waals surface area contributed by atoms with E-state index in [1.165, 1.54) is 24.4 Å². The van der Waals surface area contributed by atoms with E-state index in [0.29, 0.717) is 11.3 Å². The fourth-order valence-electron chi connectivity index (χ4n) is 1.27. The highest BCUT2D eigenvalue weighted by Crippen LogP contribution is 2.28. The van der Waals surface area contributed by atoms with Crippen molar-refractivity contribution in [3.63, 3.8) is 0 Å². The van der Waals surface area contributed by atoms with E-state index in [-0.39, 0.29) is 11.5 Å². The van der Waals surface area contributed by atoms with Crippen LogP contribution in [0.25, 0.3) is 11.3 Å². The van der Waals surface area contributed by atoms with Gasteiger partial charge in [0.25, 0.3) is 0 Å². The molecule has 76 valence electrons. The van der Waals surface area contributed by atoms with Crippen LogP contribution >= 0.6 is 0 Å². The molecule has 0 saturated carbocycles. The molecule has 0 saturated heterocycles. The molecule has 1 aromatic heterocycles. The Morgan fingerprint density at radius 1 is 1.07 bits per heavy atom. The van der Waals surface area contributed by atoms with E-state index in [4.69, 9.17) is 5.11 Å². The molecule has 4 heteroatoms. The van der Waals surface area contributed by atoms with Crippen molar-refractivity contribution in [3.05, 3.63) is 42.3 Å². The molecule has 0 spiro atoms. The lowest BCUT2D eigenvalue weighted by atomic mass is 10.1. The van der Waals surface area contributed by atoms with Crippen LogP contribution in [0.2, 0.25) is 0 Å². The number of benzene rings is 1. The lowest BCUT2D eigenvalue weighted by molar-refractivity contribution is 0.469. The maximum Gasteiger partial charge on any atom is 0.133 e. The largest absolute Gasteiger partial charge is 0.507 e. The third-order valence-corrected chi connectivity index (χ3v) is 1.98. The van der Waals surface area contributed by atoms with Crippen molar-refractivity contribution in [1.82, 2.24) is 4.98 Å². The fraction of sp³-hybridized carbons (Fsp3) is 0. The van der Waals surface area contributed by atoms with Crippen molar-refractivity contribution in [2.24, 2.45) is 0 Å². The van der Waals surface area contributed by atoms with Crippen LogP contribution in [-0.2, 0) is 0 Å². The lowest BCUT2D eigenvalue weighted by Gasteiger charge is -2.03. The molecule has 15 heavy (non-hydrogen) atoms. The Hall–Kier alpha value is -2.10.